The van der Waals surface area contributed by atoms with Gasteiger partial charge in [-0.1, -0.05) is 0 Å². The highest BCUT2D eigenvalue weighted by atomic mass is 32.2. The van der Waals surface area contributed by atoms with Crippen molar-refractivity contribution in [3.63, 3.8) is 0 Å². The van der Waals surface area contributed by atoms with Crippen molar-refractivity contribution >= 4 is 15.9 Å². The van der Waals surface area contributed by atoms with E-state index in [0.717, 1.165) is 0 Å². The number of nitrogens with one attached hydrogen (secondary N) is 1. The number of rotatable bonds is 3. The van der Waals surface area contributed by atoms with Gasteiger partial charge in [0.05, 0.1) is 24.1 Å². The van der Waals surface area contributed by atoms with Gasteiger partial charge in [-0.25, -0.2) is 8.42 Å². The van der Waals surface area contributed by atoms with Crippen molar-refractivity contribution < 1.29 is 17.9 Å². The average Bonchev–Trinajstić information content (AvgIpc) is 2.46. The molecular formula is C12H17N3O4S. The molecule has 1 amide bonds. The summed E-state index contributed by atoms with van der Waals surface area (Å²) in [6.07, 6.45) is 2.23. The van der Waals surface area contributed by atoms with E-state index in [1.807, 2.05) is 0 Å². The van der Waals surface area contributed by atoms with Crippen LogP contribution in [0.1, 0.15) is 22.2 Å². The quantitative estimate of drug-likeness (QED) is 0.833. The molecule has 1 atom stereocenters. The Bertz CT molecular complexity index is 585. The minimum atomic E-state index is -3.23. The SMILES string of the molecule is CNC(=O)c1ccc([C@@H]2CN(S(C)(=O)=O)CCO2)nc1. The van der Waals surface area contributed by atoms with Gasteiger partial charge in [-0.2, -0.15) is 4.31 Å². The average molecular weight is 299 g/mol. The van der Waals surface area contributed by atoms with Crippen molar-refractivity contribution in [3.05, 3.63) is 29.6 Å². The van der Waals surface area contributed by atoms with E-state index in [1.165, 1.54) is 16.8 Å². The molecule has 2 rings (SSSR count). The van der Waals surface area contributed by atoms with E-state index in [-0.39, 0.29) is 12.5 Å². The second kappa shape index (κ2) is 5.86. The largest absolute Gasteiger partial charge is 0.369 e. The van der Waals surface area contributed by atoms with Crippen LogP contribution >= 0.6 is 0 Å². The van der Waals surface area contributed by atoms with Crippen molar-refractivity contribution in [2.45, 2.75) is 6.10 Å². The molecule has 110 valence electrons. The summed E-state index contributed by atoms with van der Waals surface area (Å²) in [5.74, 6) is -0.216. The van der Waals surface area contributed by atoms with E-state index >= 15 is 0 Å². The monoisotopic (exact) mass is 299 g/mol. The first kappa shape index (κ1) is 14.9. The first-order valence-corrected chi connectivity index (χ1v) is 8.01. The van der Waals surface area contributed by atoms with Crippen molar-refractivity contribution in [2.75, 3.05) is 33.0 Å². The molecule has 0 aromatic carbocycles. The second-order valence-electron chi connectivity index (χ2n) is 4.53. The molecular weight excluding hydrogens is 282 g/mol. The summed E-state index contributed by atoms with van der Waals surface area (Å²) in [5.41, 5.74) is 1.07. The number of carbonyl (C=O) groups is 1. The Labute approximate surface area is 118 Å². The van der Waals surface area contributed by atoms with Crippen LogP contribution in [0.25, 0.3) is 0 Å². The van der Waals surface area contributed by atoms with E-state index in [9.17, 15) is 13.2 Å². The van der Waals surface area contributed by atoms with E-state index in [2.05, 4.69) is 10.3 Å². The van der Waals surface area contributed by atoms with Crippen LogP contribution in [-0.2, 0) is 14.8 Å². The lowest BCUT2D eigenvalue weighted by atomic mass is 10.1. The van der Waals surface area contributed by atoms with Crippen LogP contribution < -0.4 is 5.32 Å². The molecule has 0 bridgehead atoms. The van der Waals surface area contributed by atoms with Crippen molar-refractivity contribution in [3.8, 4) is 0 Å². The fourth-order valence-corrected chi connectivity index (χ4v) is 2.79. The summed E-state index contributed by atoms with van der Waals surface area (Å²) in [7, 11) is -1.68. The topological polar surface area (TPSA) is 88.6 Å². The number of nitrogens with zero attached hydrogens (tertiary/aromatic N) is 2. The van der Waals surface area contributed by atoms with Gasteiger partial charge in [0.25, 0.3) is 5.91 Å². The van der Waals surface area contributed by atoms with E-state index in [0.29, 0.717) is 24.4 Å². The van der Waals surface area contributed by atoms with Crippen molar-refractivity contribution in [1.29, 1.82) is 0 Å². The summed E-state index contributed by atoms with van der Waals surface area (Å²) in [4.78, 5) is 15.6. The third kappa shape index (κ3) is 3.33. The van der Waals surface area contributed by atoms with Gasteiger partial charge < -0.3 is 10.1 Å². The van der Waals surface area contributed by atoms with Gasteiger partial charge in [-0.05, 0) is 12.1 Å². The summed E-state index contributed by atoms with van der Waals surface area (Å²) in [6, 6.07) is 3.32. The summed E-state index contributed by atoms with van der Waals surface area (Å²) >= 11 is 0. The number of hydrogen-bond acceptors (Lipinski definition) is 5. The van der Waals surface area contributed by atoms with E-state index < -0.39 is 16.1 Å². The summed E-state index contributed by atoms with van der Waals surface area (Å²) < 4.78 is 30.0. The Morgan fingerprint density at radius 3 is 2.80 bits per heavy atom. The Kier molecular flexibility index (Phi) is 4.36. The number of pyridine rings is 1. The highest BCUT2D eigenvalue weighted by molar-refractivity contribution is 7.88. The van der Waals surface area contributed by atoms with Crippen molar-refractivity contribution in [1.82, 2.24) is 14.6 Å². The summed E-state index contributed by atoms with van der Waals surface area (Å²) in [6.45, 7) is 0.924. The first-order valence-electron chi connectivity index (χ1n) is 6.16. The van der Waals surface area contributed by atoms with Gasteiger partial charge >= 0.3 is 0 Å². The fourth-order valence-electron chi connectivity index (χ4n) is 1.98. The summed E-state index contributed by atoms with van der Waals surface area (Å²) in [5, 5.41) is 2.51. The molecule has 0 radical (unpaired) electrons. The maximum absolute atomic E-state index is 11.5. The molecule has 1 aromatic rings. The molecule has 0 spiro atoms. The third-order valence-corrected chi connectivity index (χ3v) is 4.37. The van der Waals surface area contributed by atoms with Crippen molar-refractivity contribution in [2.24, 2.45) is 0 Å². The van der Waals surface area contributed by atoms with Crippen LogP contribution in [-0.4, -0.2) is 56.6 Å². The van der Waals surface area contributed by atoms with Gasteiger partial charge in [-0.3, -0.25) is 9.78 Å². The van der Waals surface area contributed by atoms with Gasteiger partial charge in [0.1, 0.15) is 6.10 Å². The maximum atomic E-state index is 11.5. The Morgan fingerprint density at radius 2 is 2.25 bits per heavy atom. The molecule has 2 heterocycles. The zero-order chi connectivity index (χ0) is 14.8. The molecule has 1 aliphatic heterocycles. The van der Waals surface area contributed by atoms with Crippen LogP contribution in [0, 0.1) is 0 Å². The smallest absolute Gasteiger partial charge is 0.252 e. The molecule has 1 saturated heterocycles. The fraction of sp³-hybridized carbons (Fsp3) is 0.500. The standard InChI is InChI=1S/C12H17N3O4S/c1-13-12(16)9-3-4-10(14-7-9)11-8-15(5-6-19-11)20(2,17)18/h3-4,7,11H,5-6,8H2,1-2H3,(H,13,16)/t11-/m0/s1. The lowest BCUT2D eigenvalue weighted by molar-refractivity contribution is -0.00474. The van der Waals surface area contributed by atoms with Crippen LogP contribution in [0.3, 0.4) is 0 Å². The van der Waals surface area contributed by atoms with Crippen LogP contribution in [0.15, 0.2) is 18.3 Å². The van der Waals surface area contributed by atoms with Gasteiger partial charge in [-0.15, -0.1) is 0 Å². The molecule has 1 N–H and O–H groups in total. The molecule has 0 aliphatic carbocycles. The first-order chi connectivity index (χ1) is 9.41. The highest BCUT2D eigenvalue weighted by Gasteiger charge is 2.28. The molecule has 1 aliphatic rings. The number of carbonyl (C=O) groups excluding carboxylic acids is 1. The van der Waals surface area contributed by atoms with Gasteiger partial charge in [0.15, 0.2) is 0 Å². The normalized spacial score (nSPS) is 20.6. The Balaban J connectivity index is 2.13. The zero-order valence-electron chi connectivity index (χ0n) is 11.4. The predicted octanol–water partition coefficient (Wildman–Crippen LogP) is -0.226. The van der Waals surface area contributed by atoms with Crippen LogP contribution in [0.2, 0.25) is 0 Å². The van der Waals surface area contributed by atoms with Gasteiger partial charge in [0.2, 0.25) is 10.0 Å². The molecule has 7 nitrogen and oxygen atoms in total. The van der Waals surface area contributed by atoms with E-state index in [4.69, 9.17) is 4.74 Å². The Morgan fingerprint density at radius 1 is 1.50 bits per heavy atom. The number of sulfonamides is 1. The number of amides is 1. The third-order valence-electron chi connectivity index (χ3n) is 3.10. The van der Waals surface area contributed by atoms with E-state index in [1.54, 1.807) is 19.2 Å². The van der Waals surface area contributed by atoms with Gasteiger partial charge in [0, 0.05) is 26.3 Å². The minimum absolute atomic E-state index is 0.216. The number of ether oxygens (including phenoxy) is 1. The van der Waals surface area contributed by atoms with Crippen LogP contribution in [0.4, 0.5) is 0 Å². The zero-order valence-corrected chi connectivity index (χ0v) is 12.2. The minimum Gasteiger partial charge on any atom is -0.369 e. The maximum Gasteiger partial charge on any atom is 0.252 e. The Hall–Kier alpha value is -1.51. The lowest BCUT2D eigenvalue weighted by Crippen LogP contribution is -2.41. The number of hydrogen-bond donors (Lipinski definition) is 1. The highest BCUT2D eigenvalue weighted by Crippen LogP contribution is 2.22. The second-order valence-corrected chi connectivity index (χ2v) is 6.51. The lowest BCUT2D eigenvalue weighted by Gasteiger charge is -2.30. The molecule has 0 unspecified atom stereocenters. The molecule has 0 saturated carbocycles. The molecule has 1 aromatic heterocycles. The van der Waals surface area contributed by atoms with Crippen LogP contribution in [0.5, 0.6) is 0 Å². The molecule has 8 heteroatoms. The predicted molar refractivity (Wildman–Crippen MR) is 72.7 cm³/mol. The number of aromatic nitrogens is 1. The number of morpholine rings is 1. The molecule has 20 heavy (non-hydrogen) atoms. The molecule has 1 fully saturated rings.